The van der Waals surface area contributed by atoms with Crippen molar-refractivity contribution in [1.82, 2.24) is 0 Å². The molecule has 0 saturated heterocycles. The van der Waals surface area contributed by atoms with Crippen LogP contribution >= 0.6 is 0 Å². The fourth-order valence-electron chi connectivity index (χ4n) is 6.32. The SMILES string of the molecule is C[C@]12CC[C@H]3[C@@H](CCC4=CC(=O)CC[C@@H]43)[C@@H]1C=CC[C@@]2(O)C(F)(F)F. The maximum Gasteiger partial charge on any atom is 0.418 e. The summed E-state index contributed by atoms with van der Waals surface area (Å²) in [6.07, 6.45) is 4.43. The van der Waals surface area contributed by atoms with Crippen molar-refractivity contribution in [2.45, 2.75) is 63.6 Å². The van der Waals surface area contributed by atoms with Crippen LogP contribution in [0.25, 0.3) is 0 Å². The van der Waals surface area contributed by atoms with Gasteiger partial charge in [-0.25, -0.2) is 0 Å². The summed E-state index contributed by atoms with van der Waals surface area (Å²) in [6, 6.07) is 0. The van der Waals surface area contributed by atoms with Crippen LogP contribution in [0.4, 0.5) is 13.2 Å². The largest absolute Gasteiger partial charge is 0.418 e. The zero-order valence-corrected chi connectivity index (χ0v) is 14.5. The summed E-state index contributed by atoms with van der Waals surface area (Å²) in [6.45, 7) is 1.64. The topological polar surface area (TPSA) is 37.3 Å². The van der Waals surface area contributed by atoms with E-state index in [-0.39, 0.29) is 24.0 Å². The van der Waals surface area contributed by atoms with Gasteiger partial charge in [-0.15, -0.1) is 0 Å². The molecule has 0 heterocycles. The summed E-state index contributed by atoms with van der Waals surface area (Å²) >= 11 is 0. The van der Waals surface area contributed by atoms with Gasteiger partial charge in [-0.1, -0.05) is 24.6 Å². The number of alkyl halides is 3. The minimum atomic E-state index is -4.62. The summed E-state index contributed by atoms with van der Waals surface area (Å²) in [5.74, 6) is 0.793. The number of hydrogen-bond acceptors (Lipinski definition) is 2. The first kappa shape index (κ1) is 17.3. The molecule has 4 rings (SSSR count). The van der Waals surface area contributed by atoms with Gasteiger partial charge in [-0.05, 0) is 61.9 Å². The molecule has 4 aliphatic carbocycles. The van der Waals surface area contributed by atoms with Gasteiger partial charge in [-0.3, -0.25) is 4.79 Å². The molecule has 0 aromatic carbocycles. The predicted octanol–water partition coefficient (Wildman–Crippen LogP) is 4.59. The van der Waals surface area contributed by atoms with E-state index in [2.05, 4.69) is 0 Å². The molecule has 2 fully saturated rings. The molecule has 1 N–H and O–H groups in total. The average molecular weight is 354 g/mol. The molecule has 2 saturated carbocycles. The lowest BCUT2D eigenvalue weighted by molar-refractivity contribution is -0.317. The van der Waals surface area contributed by atoms with Crippen LogP contribution in [0.1, 0.15) is 51.9 Å². The predicted molar refractivity (Wildman–Crippen MR) is 87.6 cm³/mol. The van der Waals surface area contributed by atoms with Crippen LogP contribution in [-0.2, 0) is 4.79 Å². The number of aliphatic hydroxyl groups is 1. The summed E-state index contributed by atoms with van der Waals surface area (Å²) < 4.78 is 41.2. The number of fused-ring (bicyclic) bond motifs is 5. The molecule has 2 nitrogen and oxygen atoms in total. The number of carbonyl (C=O) groups excluding carboxylic acids is 1. The van der Waals surface area contributed by atoms with Crippen LogP contribution in [0.15, 0.2) is 23.8 Å². The van der Waals surface area contributed by atoms with Gasteiger partial charge in [0, 0.05) is 18.3 Å². The molecule has 0 radical (unpaired) electrons. The molecular formula is C20H25F3O2. The second-order valence-electron chi connectivity index (χ2n) is 8.67. The van der Waals surface area contributed by atoms with Gasteiger partial charge >= 0.3 is 6.18 Å². The number of hydrogen-bond donors (Lipinski definition) is 1. The van der Waals surface area contributed by atoms with Gasteiger partial charge in [0.15, 0.2) is 11.4 Å². The van der Waals surface area contributed by atoms with Crippen molar-refractivity contribution in [2.75, 3.05) is 0 Å². The van der Waals surface area contributed by atoms with Gasteiger partial charge in [0.1, 0.15) is 0 Å². The monoisotopic (exact) mass is 354 g/mol. The molecule has 0 amide bonds. The molecule has 0 spiro atoms. The van der Waals surface area contributed by atoms with E-state index in [1.807, 2.05) is 6.08 Å². The second kappa shape index (κ2) is 5.45. The van der Waals surface area contributed by atoms with E-state index in [4.69, 9.17) is 0 Å². The summed E-state index contributed by atoms with van der Waals surface area (Å²) in [5, 5.41) is 10.7. The fraction of sp³-hybridized carbons (Fsp3) is 0.750. The molecule has 25 heavy (non-hydrogen) atoms. The van der Waals surface area contributed by atoms with E-state index >= 15 is 0 Å². The molecule has 0 bridgehead atoms. The van der Waals surface area contributed by atoms with Crippen LogP contribution in [0, 0.1) is 29.1 Å². The highest BCUT2D eigenvalue weighted by molar-refractivity contribution is 5.91. The van der Waals surface area contributed by atoms with E-state index in [0.29, 0.717) is 31.1 Å². The molecule has 0 aromatic rings. The smallest absolute Gasteiger partial charge is 0.380 e. The summed E-state index contributed by atoms with van der Waals surface area (Å²) in [4.78, 5) is 11.7. The lowest BCUT2D eigenvalue weighted by Crippen LogP contribution is -2.64. The van der Waals surface area contributed by atoms with Crippen molar-refractivity contribution in [2.24, 2.45) is 29.1 Å². The number of rotatable bonds is 0. The highest BCUT2D eigenvalue weighted by atomic mass is 19.4. The standard InChI is InChI=1S/C20H25F3O2/c1-18-10-8-15-14-7-5-13(24)11-12(14)4-6-16(15)17(18)3-2-9-19(18,25)20(21,22)23/h2-3,11,14-17,25H,4-10H2,1H3/t14-,15+,16+,17-,18-,19-/m0/s1. The Morgan fingerprint density at radius 1 is 1.16 bits per heavy atom. The third-order valence-electron chi connectivity index (χ3n) is 7.72. The lowest BCUT2D eigenvalue weighted by Gasteiger charge is -2.60. The maximum absolute atomic E-state index is 13.7. The molecule has 4 aliphatic rings. The first-order valence-electron chi connectivity index (χ1n) is 9.36. The van der Waals surface area contributed by atoms with Crippen molar-refractivity contribution >= 4 is 5.78 Å². The molecule has 138 valence electrons. The highest BCUT2D eigenvalue weighted by Gasteiger charge is 2.68. The van der Waals surface area contributed by atoms with Crippen LogP contribution in [0.3, 0.4) is 0 Å². The van der Waals surface area contributed by atoms with Crippen molar-refractivity contribution < 1.29 is 23.1 Å². The zero-order valence-electron chi connectivity index (χ0n) is 14.5. The normalized spacial score (nSPS) is 46.8. The summed E-state index contributed by atoms with van der Waals surface area (Å²) in [5.41, 5.74) is -2.58. The van der Waals surface area contributed by atoms with Gasteiger partial charge < -0.3 is 5.11 Å². The van der Waals surface area contributed by atoms with Crippen LogP contribution in [-0.4, -0.2) is 22.7 Å². The lowest BCUT2D eigenvalue weighted by atomic mass is 9.46. The van der Waals surface area contributed by atoms with E-state index in [1.165, 1.54) is 11.6 Å². The van der Waals surface area contributed by atoms with Crippen LogP contribution in [0.5, 0.6) is 0 Å². The molecule has 5 heteroatoms. The minimum Gasteiger partial charge on any atom is -0.380 e. The average Bonchev–Trinajstić information content (AvgIpc) is 2.54. The third-order valence-corrected chi connectivity index (χ3v) is 7.72. The van der Waals surface area contributed by atoms with Crippen molar-refractivity contribution in [3.8, 4) is 0 Å². The Balaban J connectivity index is 1.69. The van der Waals surface area contributed by atoms with E-state index in [1.54, 1.807) is 13.0 Å². The van der Waals surface area contributed by atoms with E-state index in [0.717, 1.165) is 19.3 Å². The van der Waals surface area contributed by atoms with Gasteiger partial charge in [0.05, 0.1) is 0 Å². The number of allylic oxidation sites excluding steroid dienone is 3. The molecule has 6 atom stereocenters. The molecule has 0 aromatic heterocycles. The van der Waals surface area contributed by atoms with Crippen molar-refractivity contribution in [1.29, 1.82) is 0 Å². The van der Waals surface area contributed by atoms with Crippen LogP contribution in [0.2, 0.25) is 0 Å². The summed E-state index contributed by atoms with van der Waals surface area (Å²) in [7, 11) is 0. The zero-order chi connectivity index (χ0) is 18.0. The fourth-order valence-corrected chi connectivity index (χ4v) is 6.32. The maximum atomic E-state index is 13.7. The Morgan fingerprint density at radius 3 is 2.64 bits per heavy atom. The Kier molecular flexibility index (Phi) is 3.77. The highest BCUT2D eigenvalue weighted by Crippen LogP contribution is 2.64. The minimum absolute atomic E-state index is 0.166. The Bertz CT molecular complexity index is 650. The Labute approximate surface area is 146 Å². The molecule has 0 unspecified atom stereocenters. The first-order valence-corrected chi connectivity index (χ1v) is 9.36. The van der Waals surface area contributed by atoms with Gasteiger partial charge in [-0.2, -0.15) is 13.2 Å². The van der Waals surface area contributed by atoms with Gasteiger partial charge in [0.25, 0.3) is 0 Å². The van der Waals surface area contributed by atoms with Crippen LogP contribution < -0.4 is 0 Å². The third kappa shape index (κ3) is 2.30. The Morgan fingerprint density at radius 2 is 1.92 bits per heavy atom. The number of halogens is 3. The Hall–Kier alpha value is -1.10. The molecular weight excluding hydrogens is 329 g/mol. The first-order chi connectivity index (χ1) is 11.7. The van der Waals surface area contributed by atoms with Crippen molar-refractivity contribution in [3.63, 3.8) is 0 Å². The van der Waals surface area contributed by atoms with E-state index < -0.39 is 17.2 Å². The quantitative estimate of drug-likeness (QED) is 0.646. The second-order valence-corrected chi connectivity index (χ2v) is 8.67. The number of ketones is 1. The van der Waals surface area contributed by atoms with Crippen molar-refractivity contribution in [3.05, 3.63) is 23.8 Å². The van der Waals surface area contributed by atoms with Gasteiger partial charge in [0.2, 0.25) is 0 Å². The molecule has 0 aliphatic heterocycles. The number of carbonyl (C=O) groups is 1. The van der Waals surface area contributed by atoms with E-state index in [9.17, 15) is 23.1 Å².